The van der Waals surface area contributed by atoms with E-state index in [0.717, 1.165) is 23.4 Å². The van der Waals surface area contributed by atoms with Crippen LogP contribution in [0.3, 0.4) is 0 Å². The first-order chi connectivity index (χ1) is 15.0. The van der Waals surface area contributed by atoms with Gasteiger partial charge in [0.2, 0.25) is 0 Å². The molecule has 0 aliphatic carbocycles. The third kappa shape index (κ3) is 6.64. The second-order valence-electron chi connectivity index (χ2n) is 8.85. The lowest BCUT2D eigenvalue weighted by atomic mass is 10.1. The van der Waals surface area contributed by atoms with Gasteiger partial charge in [-0.05, 0) is 56.2 Å². The number of amides is 2. The van der Waals surface area contributed by atoms with Gasteiger partial charge in [-0.1, -0.05) is 42.5 Å². The number of nitrogens with zero attached hydrogens (tertiary/aromatic N) is 2. The first-order valence-corrected chi connectivity index (χ1v) is 10.4. The van der Waals surface area contributed by atoms with E-state index in [9.17, 15) is 18.0 Å². The number of hydrogen-bond acceptors (Lipinski definition) is 1. The summed E-state index contributed by atoms with van der Waals surface area (Å²) in [5.74, 6) is 0. The molecule has 0 aliphatic rings. The van der Waals surface area contributed by atoms with Gasteiger partial charge in [-0.15, -0.1) is 0 Å². The maximum Gasteiger partial charge on any atom is 0.416 e. The van der Waals surface area contributed by atoms with Gasteiger partial charge in [0.25, 0.3) is 0 Å². The first kappa shape index (κ1) is 23.4. The molecule has 0 bridgehead atoms. The van der Waals surface area contributed by atoms with Crippen LogP contribution >= 0.6 is 0 Å². The quantitative estimate of drug-likeness (QED) is 0.494. The van der Waals surface area contributed by atoms with Crippen molar-refractivity contribution in [1.82, 2.24) is 14.8 Å². The maximum atomic E-state index is 13.1. The van der Waals surface area contributed by atoms with Crippen molar-refractivity contribution in [2.45, 2.75) is 52.1 Å². The van der Waals surface area contributed by atoms with Crippen LogP contribution in [0.15, 0.2) is 72.9 Å². The van der Waals surface area contributed by atoms with Crippen molar-refractivity contribution in [2.75, 3.05) is 0 Å². The minimum absolute atomic E-state index is 0.201. The normalized spacial score (nSPS) is 11.9. The van der Waals surface area contributed by atoms with Crippen LogP contribution in [0.2, 0.25) is 0 Å². The van der Waals surface area contributed by atoms with Gasteiger partial charge in [0.1, 0.15) is 0 Å². The van der Waals surface area contributed by atoms with Gasteiger partial charge < -0.3 is 14.8 Å². The fraction of sp³-hybridized carbons (Fsp3) is 0.320. The van der Waals surface area contributed by atoms with Crippen molar-refractivity contribution < 1.29 is 18.0 Å². The maximum absolute atomic E-state index is 13.1. The fourth-order valence-corrected chi connectivity index (χ4v) is 3.39. The Bertz CT molecular complexity index is 1040. The lowest BCUT2D eigenvalue weighted by Crippen LogP contribution is -2.48. The molecule has 0 spiro atoms. The highest BCUT2D eigenvalue weighted by Gasteiger charge is 2.30. The van der Waals surface area contributed by atoms with Crippen molar-refractivity contribution in [2.24, 2.45) is 0 Å². The SMILES string of the molecule is CC(C)(C)NC(=O)N(Cc1ccccc1)Cc1cccn1Cc1cccc(C(F)(F)F)c1. The first-order valence-electron chi connectivity index (χ1n) is 10.4. The molecule has 1 heterocycles. The summed E-state index contributed by atoms with van der Waals surface area (Å²) in [4.78, 5) is 14.7. The van der Waals surface area contributed by atoms with Crippen LogP contribution in [0.25, 0.3) is 0 Å². The zero-order valence-electron chi connectivity index (χ0n) is 18.5. The molecule has 0 aliphatic heterocycles. The molecule has 3 aromatic rings. The van der Waals surface area contributed by atoms with Crippen molar-refractivity contribution >= 4 is 6.03 Å². The molecule has 0 saturated carbocycles. The lowest BCUT2D eigenvalue weighted by molar-refractivity contribution is -0.137. The molecule has 2 amide bonds. The fourth-order valence-electron chi connectivity index (χ4n) is 3.39. The van der Waals surface area contributed by atoms with Crippen LogP contribution in [0.1, 0.15) is 43.2 Å². The largest absolute Gasteiger partial charge is 0.416 e. The molecule has 0 atom stereocenters. The van der Waals surface area contributed by atoms with E-state index >= 15 is 0 Å². The smallest absolute Gasteiger partial charge is 0.345 e. The summed E-state index contributed by atoms with van der Waals surface area (Å²) < 4.78 is 41.1. The zero-order valence-corrected chi connectivity index (χ0v) is 18.5. The van der Waals surface area contributed by atoms with Gasteiger partial charge in [0.15, 0.2) is 0 Å². The molecule has 2 aromatic carbocycles. The number of carbonyl (C=O) groups is 1. The average Bonchev–Trinajstić information content (AvgIpc) is 3.13. The summed E-state index contributed by atoms with van der Waals surface area (Å²) in [7, 11) is 0. The molecule has 0 fully saturated rings. The van der Waals surface area contributed by atoms with Crippen molar-refractivity contribution in [3.05, 3.63) is 95.3 Å². The third-order valence-corrected chi connectivity index (χ3v) is 4.87. The minimum atomic E-state index is -4.38. The van der Waals surface area contributed by atoms with Crippen molar-refractivity contribution in [3.63, 3.8) is 0 Å². The Balaban J connectivity index is 1.82. The molecule has 3 rings (SSSR count). The lowest BCUT2D eigenvalue weighted by Gasteiger charge is -2.29. The van der Waals surface area contributed by atoms with Gasteiger partial charge in [0, 0.05) is 30.5 Å². The predicted octanol–water partition coefficient (Wildman–Crippen LogP) is 6.07. The highest BCUT2D eigenvalue weighted by atomic mass is 19.4. The summed E-state index contributed by atoms with van der Waals surface area (Å²) in [6.07, 6.45) is -2.56. The third-order valence-electron chi connectivity index (χ3n) is 4.87. The number of carbonyl (C=O) groups excluding carboxylic acids is 1. The van der Waals surface area contributed by atoms with Crippen LogP contribution < -0.4 is 5.32 Å². The summed E-state index contributed by atoms with van der Waals surface area (Å²) in [6.45, 7) is 6.78. The van der Waals surface area contributed by atoms with Crippen LogP contribution in [0.4, 0.5) is 18.0 Å². The number of urea groups is 1. The van der Waals surface area contributed by atoms with E-state index in [4.69, 9.17) is 0 Å². The van der Waals surface area contributed by atoms with Crippen LogP contribution in [-0.2, 0) is 25.8 Å². The summed E-state index contributed by atoms with van der Waals surface area (Å²) >= 11 is 0. The number of aromatic nitrogens is 1. The molecule has 0 radical (unpaired) electrons. The van der Waals surface area contributed by atoms with Gasteiger partial charge in [-0.2, -0.15) is 13.2 Å². The molecular weight excluding hydrogens is 415 g/mol. The van der Waals surface area contributed by atoms with E-state index in [1.807, 2.05) is 74.0 Å². The summed E-state index contributed by atoms with van der Waals surface area (Å²) in [6, 6.07) is 18.5. The van der Waals surface area contributed by atoms with Gasteiger partial charge in [-0.3, -0.25) is 0 Å². The van der Waals surface area contributed by atoms with E-state index in [1.54, 1.807) is 11.0 Å². The molecule has 0 saturated heterocycles. The Kier molecular flexibility index (Phi) is 6.96. The van der Waals surface area contributed by atoms with Crippen LogP contribution in [0, 0.1) is 0 Å². The average molecular weight is 444 g/mol. The van der Waals surface area contributed by atoms with Crippen molar-refractivity contribution in [3.8, 4) is 0 Å². The second kappa shape index (κ2) is 9.51. The number of halogens is 3. The minimum Gasteiger partial charge on any atom is -0.345 e. The molecule has 1 aromatic heterocycles. The highest BCUT2D eigenvalue weighted by molar-refractivity contribution is 5.75. The Hall–Kier alpha value is -3.22. The Morgan fingerprint density at radius 2 is 1.59 bits per heavy atom. The second-order valence-corrected chi connectivity index (χ2v) is 8.85. The topological polar surface area (TPSA) is 37.3 Å². The van der Waals surface area contributed by atoms with Crippen molar-refractivity contribution in [1.29, 1.82) is 0 Å². The van der Waals surface area contributed by atoms with E-state index < -0.39 is 17.3 Å². The van der Waals surface area contributed by atoms with Crippen LogP contribution in [0.5, 0.6) is 0 Å². The standard InChI is InChI=1S/C25H28F3N3O/c1-24(2,3)29-23(32)31(16-19-9-5-4-6-10-19)18-22-13-8-14-30(22)17-20-11-7-12-21(15-20)25(26,27)28/h4-15H,16-18H2,1-3H3,(H,29,32). The number of nitrogens with one attached hydrogen (secondary N) is 1. The Morgan fingerprint density at radius 1 is 0.906 bits per heavy atom. The molecule has 7 heteroatoms. The van der Waals surface area contributed by atoms with E-state index in [-0.39, 0.29) is 12.6 Å². The van der Waals surface area contributed by atoms with Crippen LogP contribution in [-0.4, -0.2) is 21.0 Å². The van der Waals surface area contributed by atoms with Gasteiger partial charge >= 0.3 is 12.2 Å². The number of alkyl halides is 3. The molecule has 0 unspecified atom stereocenters. The number of hydrogen-bond donors (Lipinski definition) is 1. The highest BCUT2D eigenvalue weighted by Crippen LogP contribution is 2.29. The Labute approximate surface area is 186 Å². The molecule has 4 nitrogen and oxygen atoms in total. The Morgan fingerprint density at radius 3 is 2.25 bits per heavy atom. The molecular formula is C25H28F3N3O. The summed E-state index contributed by atoms with van der Waals surface area (Å²) in [5, 5.41) is 3.00. The van der Waals surface area contributed by atoms with E-state index in [2.05, 4.69) is 5.32 Å². The van der Waals surface area contributed by atoms with E-state index in [0.29, 0.717) is 18.7 Å². The zero-order chi connectivity index (χ0) is 23.4. The summed E-state index contributed by atoms with van der Waals surface area (Å²) in [5.41, 5.74) is 1.31. The molecule has 170 valence electrons. The van der Waals surface area contributed by atoms with Gasteiger partial charge in [-0.25, -0.2) is 4.79 Å². The number of benzene rings is 2. The van der Waals surface area contributed by atoms with E-state index in [1.165, 1.54) is 6.07 Å². The monoisotopic (exact) mass is 443 g/mol. The van der Waals surface area contributed by atoms with Gasteiger partial charge in [0.05, 0.1) is 12.1 Å². The molecule has 1 N–H and O–H groups in total. The number of rotatable bonds is 6. The molecule has 32 heavy (non-hydrogen) atoms. The predicted molar refractivity (Wildman–Crippen MR) is 119 cm³/mol.